The third-order valence-corrected chi connectivity index (χ3v) is 3.98. The van der Waals surface area contributed by atoms with E-state index in [1.807, 2.05) is 0 Å². The summed E-state index contributed by atoms with van der Waals surface area (Å²) in [7, 11) is 0. The number of nitrogens with zero attached hydrogens (tertiary/aromatic N) is 2. The molecule has 0 spiro atoms. The first-order chi connectivity index (χ1) is 12.3. The van der Waals surface area contributed by atoms with Crippen LogP contribution in [0.15, 0.2) is 42.7 Å². The molecule has 26 heavy (non-hydrogen) atoms. The second-order valence-corrected chi connectivity index (χ2v) is 5.79. The van der Waals surface area contributed by atoms with Crippen molar-refractivity contribution in [2.45, 2.75) is 19.7 Å². The number of aryl methyl sites for hydroxylation is 1. The number of pyridine rings is 1. The van der Waals surface area contributed by atoms with Gasteiger partial charge in [-0.1, -0.05) is 24.6 Å². The van der Waals surface area contributed by atoms with Gasteiger partial charge in [-0.3, -0.25) is 4.79 Å². The van der Waals surface area contributed by atoms with Gasteiger partial charge in [-0.15, -0.1) is 13.2 Å². The van der Waals surface area contributed by atoms with Crippen molar-refractivity contribution >= 4 is 28.7 Å². The largest absolute Gasteiger partial charge is 0.573 e. The van der Waals surface area contributed by atoms with Crippen molar-refractivity contribution in [1.82, 2.24) is 9.61 Å². The molecule has 3 rings (SSSR count). The lowest BCUT2D eigenvalue weighted by Crippen LogP contribution is -2.18. The minimum atomic E-state index is -4.85. The number of alkyl halides is 3. The first-order valence-electron chi connectivity index (χ1n) is 7.60. The molecule has 3 aromatic rings. The molecule has 0 aliphatic heterocycles. The normalized spacial score (nSPS) is 11.6. The number of hydrogen-bond donors (Lipinski definition) is 1. The van der Waals surface area contributed by atoms with Gasteiger partial charge in [0, 0.05) is 11.9 Å². The molecule has 1 aromatic carbocycles. The summed E-state index contributed by atoms with van der Waals surface area (Å²) in [6, 6.07) is 7.68. The molecule has 0 unspecified atom stereocenters. The second kappa shape index (κ2) is 6.87. The molecule has 2 heterocycles. The number of ether oxygens (including phenoxy) is 1. The first kappa shape index (κ1) is 18.1. The number of aromatic nitrogens is 2. The van der Waals surface area contributed by atoms with Crippen molar-refractivity contribution in [3.05, 3.63) is 58.9 Å². The SMILES string of the molecule is CCc1cc(OC(F)(F)F)c(Cl)cc1NC(=O)c1cnn2ccccc12. The number of nitrogens with one attached hydrogen (secondary N) is 1. The summed E-state index contributed by atoms with van der Waals surface area (Å²) in [4.78, 5) is 12.6. The second-order valence-electron chi connectivity index (χ2n) is 5.38. The van der Waals surface area contributed by atoms with Gasteiger partial charge >= 0.3 is 6.36 Å². The van der Waals surface area contributed by atoms with Gasteiger partial charge in [-0.2, -0.15) is 5.10 Å². The number of carbonyl (C=O) groups excluding carboxylic acids is 1. The Morgan fingerprint density at radius 2 is 2.12 bits per heavy atom. The number of carbonyl (C=O) groups is 1. The van der Waals surface area contributed by atoms with Crippen LogP contribution in [-0.4, -0.2) is 21.9 Å². The van der Waals surface area contributed by atoms with E-state index in [1.54, 1.807) is 35.8 Å². The molecule has 0 fully saturated rings. The number of halogens is 4. The highest BCUT2D eigenvalue weighted by molar-refractivity contribution is 6.32. The number of hydrogen-bond acceptors (Lipinski definition) is 3. The number of benzene rings is 1. The van der Waals surface area contributed by atoms with Crippen LogP contribution in [0, 0.1) is 0 Å². The van der Waals surface area contributed by atoms with Crippen molar-refractivity contribution < 1.29 is 22.7 Å². The fraction of sp³-hybridized carbons (Fsp3) is 0.176. The van der Waals surface area contributed by atoms with Crippen LogP contribution in [0.3, 0.4) is 0 Å². The van der Waals surface area contributed by atoms with E-state index in [1.165, 1.54) is 18.3 Å². The molecule has 0 aliphatic rings. The Morgan fingerprint density at radius 3 is 2.81 bits per heavy atom. The fourth-order valence-corrected chi connectivity index (χ4v) is 2.71. The van der Waals surface area contributed by atoms with E-state index in [0.717, 1.165) is 0 Å². The highest BCUT2D eigenvalue weighted by Crippen LogP contribution is 2.35. The van der Waals surface area contributed by atoms with Gasteiger partial charge in [-0.25, -0.2) is 4.52 Å². The molecule has 0 saturated heterocycles. The topological polar surface area (TPSA) is 55.6 Å². The minimum absolute atomic E-state index is 0.255. The zero-order chi connectivity index (χ0) is 18.9. The maximum absolute atomic E-state index is 12.6. The average Bonchev–Trinajstić information content (AvgIpc) is 3.00. The van der Waals surface area contributed by atoms with Gasteiger partial charge in [0.1, 0.15) is 5.75 Å². The van der Waals surface area contributed by atoms with E-state index >= 15 is 0 Å². The van der Waals surface area contributed by atoms with E-state index < -0.39 is 18.0 Å². The lowest BCUT2D eigenvalue weighted by Gasteiger charge is -2.15. The summed E-state index contributed by atoms with van der Waals surface area (Å²) in [6.45, 7) is 1.74. The number of rotatable bonds is 4. The van der Waals surface area contributed by atoms with E-state index in [4.69, 9.17) is 11.6 Å². The Balaban J connectivity index is 1.91. The van der Waals surface area contributed by atoms with Crippen LogP contribution in [-0.2, 0) is 6.42 Å². The standard InChI is InChI=1S/C17H13ClF3N3O2/c1-2-10-7-15(26-17(19,20)21)12(18)8-13(10)23-16(25)11-9-22-24-6-4-3-5-14(11)24/h3-9H,2H2,1H3,(H,23,25). The summed E-state index contributed by atoms with van der Waals surface area (Å²) >= 11 is 5.88. The van der Waals surface area contributed by atoms with Gasteiger partial charge in [0.15, 0.2) is 0 Å². The summed E-state index contributed by atoms with van der Waals surface area (Å²) in [5, 5.41) is 6.50. The molecular weight excluding hydrogens is 371 g/mol. The molecule has 9 heteroatoms. The Labute approximate surface area is 151 Å². The van der Waals surface area contributed by atoms with Gasteiger partial charge in [-0.05, 0) is 36.2 Å². The predicted octanol–water partition coefficient (Wildman–Crippen LogP) is 4.70. The molecule has 0 atom stereocenters. The quantitative estimate of drug-likeness (QED) is 0.710. The molecule has 1 N–H and O–H groups in total. The lowest BCUT2D eigenvalue weighted by molar-refractivity contribution is -0.274. The van der Waals surface area contributed by atoms with Crippen LogP contribution in [0.25, 0.3) is 5.52 Å². The average molecular weight is 384 g/mol. The van der Waals surface area contributed by atoms with E-state index in [9.17, 15) is 18.0 Å². The highest BCUT2D eigenvalue weighted by Gasteiger charge is 2.32. The van der Waals surface area contributed by atoms with E-state index in [0.29, 0.717) is 28.8 Å². The third kappa shape index (κ3) is 3.75. The number of fused-ring (bicyclic) bond motifs is 1. The van der Waals surface area contributed by atoms with Crippen molar-refractivity contribution in [2.75, 3.05) is 5.32 Å². The zero-order valence-corrected chi connectivity index (χ0v) is 14.2. The smallest absolute Gasteiger partial charge is 0.404 e. The van der Waals surface area contributed by atoms with Crippen molar-refractivity contribution in [2.24, 2.45) is 0 Å². The van der Waals surface area contributed by atoms with Crippen molar-refractivity contribution in [3.63, 3.8) is 0 Å². The Morgan fingerprint density at radius 1 is 1.35 bits per heavy atom. The Kier molecular flexibility index (Phi) is 4.78. The molecule has 1 amide bonds. The molecular formula is C17H13ClF3N3O2. The number of anilines is 1. The molecule has 5 nitrogen and oxygen atoms in total. The van der Waals surface area contributed by atoms with E-state index in [2.05, 4.69) is 15.2 Å². The Hall–Kier alpha value is -2.74. The van der Waals surface area contributed by atoms with Crippen molar-refractivity contribution in [3.8, 4) is 5.75 Å². The highest BCUT2D eigenvalue weighted by atomic mass is 35.5. The van der Waals surface area contributed by atoms with Crippen LogP contribution in [0.1, 0.15) is 22.8 Å². The van der Waals surface area contributed by atoms with E-state index in [-0.39, 0.29) is 5.02 Å². The zero-order valence-electron chi connectivity index (χ0n) is 13.5. The van der Waals surface area contributed by atoms with Crippen LogP contribution in [0.5, 0.6) is 5.75 Å². The van der Waals surface area contributed by atoms with Crippen LogP contribution in [0.4, 0.5) is 18.9 Å². The van der Waals surface area contributed by atoms with Crippen LogP contribution >= 0.6 is 11.6 Å². The molecule has 0 radical (unpaired) electrons. The maximum Gasteiger partial charge on any atom is 0.573 e. The molecule has 136 valence electrons. The molecule has 0 saturated carbocycles. The minimum Gasteiger partial charge on any atom is -0.404 e. The summed E-state index contributed by atoms with van der Waals surface area (Å²) in [5.74, 6) is -0.952. The maximum atomic E-state index is 12.6. The molecule has 2 aromatic heterocycles. The monoisotopic (exact) mass is 383 g/mol. The van der Waals surface area contributed by atoms with Gasteiger partial charge < -0.3 is 10.1 Å². The van der Waals surface area contributed by atoms with Gasteiger partial charge in [0.25, 0.3) is 5.91 Å². The van der Waals surface area contributed by atoms with Crippen molar-refractivity contribution in [1.29, 1.82) is 0 Å². The summed E-state index contributed by atoms with van der Waals surface area (Å²) < 4.78 is 42.8. The lowest BCUT2D eigenvalue weighted by atomic mass is 10.1. The van der Waals surface area contributed by atoms with Gasteiger partial charge in [0.05, 0.1) is 22.3 Å². The Bertz CT molecular complexity index is 970. The molecule has 0 bridgehead atoms. The first-order valence-corrected chi connectivity index (χ1v) is 7.98. The van der Waals surface area contributed by atoms with Crippen LogP contribution in [0.2, 0.25) is 5.02 Å². The van der Waals surface area contributed by atoms with Crippen LogP contribution < -0.4 is 10.1 Å². The summed E-state index contributed by atoms with van der Waals surface area (Å²) in [5.41, 5.74) is 1.70. The fourth-order valence-electron chi connectivity index (χ4n) is 2.51. The van der Waals surface area contributed by atoms with Gasteiger partial charge in [0.2, 0.25) is 0 Å². The number of amides is 1. The third-order valence-electron chi connectivity index (χ3n) is 3.68. The summed E-state index contributed by atoms with van der Waals surface area (Å²) in [6.07, 6.45) is -1.37. The predicted molar refractivity (Wildman–Crippen MR) is 90.7 cm³/mol. The molecule has 0 aliphatic carbocycles.